The number of carboxylic acid groups (broad SMARTS) is 1. The Balaban J connectivity index is 1.16. The van der Waals surface area contributed by atoms with Gasteiger partial charge in [0.2, 0.25) is 5.56 Å². The molecule has 0 saturated heterocycles. The summed E-state index contributed by atoms with van der Waals surface area (Å²) in [5, 5.41) is 27.7. The molecule has 0 bridgehead atoms. The van der Waals surface area contributed by atoms with Crippen molar-refractivity contribution in [2.45, 2.75) is 102 Å². The molecule has 10 nitrogen and oxygen atoms in total. The first kappa shape index (κ1) is 37.9. The number of fused-ring (bicyclic) bond motifs is 1. The van der Waals surface area contributed by atoms with Crippen LogP contribution in [0.25, 0.3) is 10.9 Å². The van der Waals surface area contributed by atoms with Crippen LogP contribution in [-0.4, -0.2) is 53.5 Å². The smallest absolute Gasteiger partial charge is 0.314 e. The van der Waals surface area contributed by atoms with E-state index in [0.717, 1.165) is 59.9 Å². The molecule has 1 aliphatic rings. The summed E-state index contributed by atoms with van der Waals surface area (Å²) >= 11 is 0. The zero-order chi connectivity index (χ0) is 36.8. The molecule has 0 radical (unpaired) electrons. The predicted molar refractivity (Wildman–Crippen MR) is 203 cm³/mol. The molecule has 272 valence electrons. The number of carbonyl (C=O) groups excluding carboxylic acids is 1. The van der Waals surface area contributed by atoms with Crippen molar-refractivity contribution < 1.29 is 24.2 Å². The van der Waals surface area contributed by atoms with Gasteiger partial charge in [-0.15, -0.1) is 0 Å². The van der Waals surface area contributed by atoms with E-state index < -0.39 is 19.7 Å². The van der Waals surface area contributed by atoms with E-state index in [-0.39, 0.29) is 28.4 Å². The molecule has 1 aliphatic carbocycles. The van der Waals surface area contributed by atoms with E-state index in [2.05, 4.69) is 54.5 Å². The Morgan fingerprint density at radius 3 is 2.49 bits per heavy atom. The summed E-state index contributed by atoms with van der Waals surface area (Å²) in [7, 11) is -2.22. The molecule has 5 rings (SSSR count). The summed E-state index contributed by atoms with van der Waals surface area (Å²) in [6.45, 7) is 12.4. The number of benzene rings is 2. The van der Waals surface area contributed by atoms with E-state index in [1.807, 2.05) is 36.4 Å². The summed E-state index contributed by atoms with van der Waals surface area (Å²) < 4.78 is 6.88. The third-order valence-electron chi connectivity index (χ3n) is 10.7. The number of aliphatic carboxylic acids is 1. The summed E-state index contributed by atoms with van der Waals surface area (Å²) in [5.41, 5.74) is 3.40. The largest absolute Gasteiger partial charge is 0.506 e. The molecule has 1 atom stereocenters. The first-order valence-electron chi connectivity index (χ1n) is 18.0. The number of hydrogen-bond acceptors (Lipinski definition) is 7. The van der Waals surface area contributed by atoms with Crippen molar-refractivity contribution in [3.05, 3.63) is 105 Å². The normalized spacial score (nSPS) is 15.4. The molecule has 2 aromatic heterocycles. The monoisotopic (exact) mass is 712 g/mol. The van der Waals surface area contributed by atoms with Crippen LogP contribution in [0.1, 0.15) is 98.1 Å². The zero-order valence-corrected chi connectivity index (χ0v) is 31.5. The van der Waals surface area contributed by atoms with Crippen LogP contribution in [-0.2, 0) is 27.6 Å². The van der Waals surface area contributed by atoms with Crippen LogP contribution in [0, 0.1) is 0 Å². The molecule has 2 aromatic carbocycles. The number of aromatic amines is 1. The van der Waals surface area contributed by atoms with E-state index in [9.17, 15) is 24.6 Å². The first-order chi connectivity index (χ1) is 24.2. The molecule has 4 aromatic rings. The van der Waals surface area contributed by atoms with Crippen molar-refractivity contribution >= 4 is 31.1 Å². The Kier molecular flexibility index (Phi) is 11.8. The lowest BCUT2D eigenvalue weighted by Crippen LogP contribution is -2.43. The average Bonchev–Trinajstić information content (AvgIpc) is 3.10. The number of carboxylic acids is 1. The third kappa shape index (κ3) is 8.95. The minimum Gasteiger partial charge on any atom is -0.506 e. The number of hydrogen-bond donors (Lipinski definition) is 5. The minimum absolute atomic E-state index is 0.00827. The number of aromatic hydroxyl groups is 1. The summed E-state index contributed by atoms with van der Waals surface area (Å²) in [4.78, 5) is 44.5. The van der Waals surface area contributed by atoms with Gasteiger partial charge in [0.15, 0.2) is 8.32 Å². The van der Waals surface area contributed by atoms with Crippen molar-refractivity contribution in [1.29, 1.82) is 0 Å². The third-order valence-corrected chi connectivity index (χ3v) is 15.2. The van der Waals surface area contributed by atoms with E-state index in [1.165, 1.54) is 6.07 Å². The lowest BCUT2D eigenvalue weighted by atomic mass is 9.69. The number of phenols is 1. The minimum atomic E-state index is -2.22. The Hall–Kier alpha value is -4.32. The van der Waals surface area contributed by atoms with Gasteiger partial charge < -0.3 is 30.3 Å². The fraction of sp³-hybridized carbons (Fsp3) is 0.450. The van der Waals surface area contributed by atoms with E-state index >= 15 is 0 Å². The number of nitrogens with one attached hydrogen (secondary N) is 3. The summed E-state index contributed by atoms with van der Waals surface area (Å²) in [6, 6.07) is 18.2. The van der Waals surface area contributed by atoms with Gasteiger partial charge in [0.1, 0.15) is 5.75 Å². The standard InChI is InChI=1S/C40H52N4O6Si/c1-39(2,3)51(4,5)50-34(31-16-18-33(45)36-32(31)17-19-35(46)44-36)26-41-25-30-15-14-28(24-43-30)37(47)42-22-10-12-27-11-9-13-29(23-27)40(38(48)49)20-7-6-8-21-40/h9,11,13-19,23-24,34,41,45H,6-8,10,12,20-22,25-26H2,1-5H3,(H,42,47)(H,44,46)(H,48,49)/t34-/m0/s1. The maximum atomic E-state index is 12.9. The second kappa shape index (κ2) is 15.9. The van der Waals surface area contributed by atoms with Crippen molar-refractivity contribution in [1.82, 2.24) is 20.6 Å². The van der Waals surface area contributed by atoms with E-state index in [1.54, 1.807) is 24.4 Å². The zero-order valence-electron chi connectivity index (χ0n) is 30.5. The number of aryl methyl sites for hydroxylation is 1. The highest BCUT2D eigenvalue weighted by Crippen LogP contribution is 2.42. The number of pyridine rings is 2. The van der Waals surface area contributed by atoms with Crippen LogP contribution < -0.4 is 16.2 Å². The van der Waals surface area contributed by atoms with Gasteiger partial charge in [-0.05, 0) is 84.8 Å². The maximum Gasteiger partial charge on any atom is 0.314 e. The molecular formula is C40H52N4O6Si. The summed E-state index contributed by atoms with van der Waals surface area (Å²) in [5.74, 6) is -0.916. The lowest BCUT2D eigenvalue weighted by molar-refractivity contribution is -0.145. The first-order valence-corrected chi connectivity index (χ1v) is 20.9. The van der Waals surface area contributed by atoms with E-state index in [0.29, 0.717) is 43.6 Å². The van der Waals surface area contributed by atoms with Gasteiger partial charge >= 0.3 is 5.97 Å². The Bertz CT molecular complexity index is 1890. The number of nitrogens with zero attached hydrogens (tertiary/aromatic N) is 1. The van der Waals surface area contributed by atoms with Crippen molar-refractivity contribution in [3.63, 3.8) is 0 Å². The van der Waals surface area contributed by atoms with Crippen molar-refractivity contribution in [2.24, 2.45) is 0 Å². The number of aromatic nitrogens is 2. The average molecular weight is 713 g/mol. The van der Waals surface area contributed by atoms with Gasteiger partial charge in [0.25, 0.3) is 5.91 Å². The molecule has 1 amide bonds. The van der Waals surface area contributed by atoms with Crippen LogP contribution in [0.4, 0.5) is 0 Å². The number of H-pyrrole nitrogens is 1. The fourth-order valence-corrected chi connectivity index (χ4v) is 7.96. The van der Waals surface area contributed by atoms with Gasteiger partial charge in [-0.2, -0.15) is 0 Å². The van der Waals surface area contributed by atoms with Crippen molar-refractivity contribution in [2.75, 3.05) is 13.1 Å². The van der Waals surface area contributed by atoms with Crippen LogP contribution in [0.3, 0.4) is 0 Å². The van der Waals surface area contributed by atoms with Crippen LogP contribution >= 0.6 is 0 Å². The predicted octanol–water partition coefficient (Wildman–Crippen LogP) is 7.13. The highest BCUT2D eigenvalue weighted by atomic mass is 28.4. The molecule has 1 fully saturated rings. The number of phenolic OH excluding ortho intramolecular Hbond substituents is 1. The maximum absolute atomic E-state index is 12.9. The quantitative estimate of drug-likeness (QED) is 0.0684. The number of rotatable bonds is 14. The molecule has 51 heavy (non-hydrogen) atoms. The fourth-order valence-electron chi connectivity index (χ4n) is 6.68. The molecule has 1 saturated carbocycles. The van der Waals surface area contributed by atoms with Crippen molar-refractivity contribution in [3.8, 4) is 5.75 Å². The molecule has 5 N–H and O–H groups in total. The Labute approximate surface area is 301 Å². The topological polar surface area (TPSA) is 154 Å². The Morgan fingerprint density at radius 2 is 1.80 bits per heavy atom. The highest BCUT2D eigenvalue weighted by Gasteiger charge is 2.41. The van der Waals surface area contributed by atoms with Crippen LogP contribution in [0.15, 0.2) is 71.7 Å². The molecule has 0 unspecified atom stereocenters. The second-order valence-electron chi connectivity index (χ2n) is 15.3. The van der Waals surface area contributed by atoms with Gasteiger partial charge in [-0.1, -0.05) is 70.4 Å². The van der Waals surface area contributed by atoms with E-state index in [4.69, 9.17) is 4.43 Å². The second-order valence-corrected chi connectivity index (χ2v) is 20.1. The lowest BCUT2D eigenvalue weighted by Gasteiger charge is -2.39. The van der Waals surface area contributed by atoms with Gasteiger partial charge in [-0.3, -0.25) is 19.4 Å². The van der Waals surface area contributed by atoms with Gasteiger partial charge in [0.05, 0.1) is 28.3 Å². The molecular weight excluding hydrogens is 661 g/mol. The van der Waals surface area contributed by atoms with Gasteiger partial charge in [-0.25, -0.2) is 0 Å². The molecule has 0 spiro atoms. The molecule has 0 aliphatic heterocycles. The van der Waals surface area contributed by atoms with Crippen LogP contribution in [0.5, 0.6) is 5.75 Å². The molecule has 2 heterocycles. The SMILES string of the molecule is CC(C)(C)[Si](C)(C)O[C@@H](CNCc1ccc(C(=O)NCCCc2cccc(C3(C(=O)O)CCCCC3)c2)cn1)c1ccc(O)c2[nH]c(=O)ccc12. The van der Waals surface area contributed by atoms with Crippen LogP contribution in [0.2, 0.25) is 18.1 Å². The highest BCUT2D eigenvalue weighted by molar-refractivity contribution is 6.74. The summed E-state index contributed by atoms with van der Waals surface area (Å²) in [6.07, 6.45) is 7.02. The number of carbonyl (C=O) groups is 2. The van der Waals surface area contributed by atoms with Gasteiger partial charge in [0, 0.05) is 37.3 Å². The Morgan fingerprint density at radius 1 is 1.04 bits per heavy atom. The number of amides is 1. The molecule has 11 heteroatoms.